The zero-order valence-corrected chi connectivity index (χ0v) is 17.4. The first kappa shape index (κ1) is 23.6. The summed E-state index contributed by atoms with van der Waals surface area (Å²) in [5.41, 5.74) is -1.67. The fourth-order valence-corrected chi connectivity index (χ4v) is 3.65. The van der Waals surface area contributed by atoms with Crippen LogP contribution in [-0.4, -0.2) is 23.2 Å². The largest absolute Gasteiger partial charge is 0.573 e. The van der Waals surface area contributed by atoms with Crippen LogP contribution in [0, 0.1) is 0 Å². The average molecular weight is 501 g/mol. The normalized spacial score (nSPS) is 16.4. The quantitative estimate of drug-likeness (QED) is 0.328. The molecule has 0 bridgehead atoms. The lowest BCUT2D eigenvalue weighted by Crippen LogP contribution is -2.46. The molecule has 176 valence electrons. The lowest BCUT2D eigenvalue weighted by molar-refractivity contribution is -0.274. The van der Waals surface area contributed by atoms with Gasteiger partial charge >= 0.3 is 12.5 Å². The molecule has 1 aliphatic heterocycles. The van der Waals surface area contributed by atoms with Crippen LogP contribution in [0.25, 0.3) is 0 Å². The van der Waals surface area contributed by atoms with E-state index in [-0.39, 0.29) is 16.8 Å². The first-order valence-corrected chi connectivity index (χ1v) is 9.79. The van der Waals surface area contributed by atoms with Crippen molar-refractivity contribution in [1.29, 1.82) is 0 Å². The zero-order valence-electron chi connectivity index (χ0n) is 16.6. The van der Waals surface area contributed by atoms with Crippen LogP contribution in [0.4, 0.5) is 32.0 Å². The number of amides is 2. The summed E-state index contributed by atoms with van der Waals surface area (Å²) in [6.07, 6.45) is -9.25. The summed E-state index contributed by atoms with van der Waals surface area (Å²) in [4.78, 5) is 30.8. The highest BCUT2D eigenvalue weighted by molar-refractivity contribution is 6.30. The first-order valence-electron chi connectivity index (χ1n) is 9.42. The van der Waals surface area contributed by atoms with E-state index in [1.165, 1.54) is 24.3 Å². The number of benzene rings is 2. The van der Waals surface area contributed by atoms with E-state index in [2.05, 4.69) is 9.72 Å². The Balaban J connectivity index is 1.83. The molecule has 0 spiro atoms. The van der Waals surface area contributed by atoms with Gasteiger partial charge in [0.25, 0.3) is 5.91 Å². The summed E-state index contributed by atoms with van der Waals surface area (Å²) in [5.74, 6) is -3.88. The maximum atomic E-state index is 13.4. The second-order valence-corrected chi connectivity index (χ2v) is 7.60. The van der Waals surface area contributed by atoms with Gasteiger partial charge in [-0.2, -0.15) is 13.2 Å². The van der Waals surface area contributed by atoms with Crippen molar-refractivity contribution in [1.82, 2.24) is 4.98 Å². The SMILES string of the molecule is O=C1c2ncc(C(F)(F)F)cc2C(c2ccc(Cl)cc2)C(=O)N1c1ccc(OC(F)(F)F)cc1. The molecule has 0 aliphatic carbocycles. The van der Waals surface area contributed by atoms with Crippen molar-refractivity contribution in [3.8, 4) is 5.75 Å². The number of halogens is 7. The van der Waals surface area contributed by atoms with Gasteiger partial charge in [0.1, 0.15) is 11.4 Å². The van der Waals surface area contributed by atoms with Gasteiger partial charge in [0.2, 0.25) is 5.91 Å². The number of hydrogen-bond acceptors (Lipinski definition) is 4. The van der Waals surface area contributed by atoms with Crippen LogP contribution in [0.15, 0.2) is 60.8 Å². The molecular formula is C22H11ClF6N2O3. The molecule has 0 radical (unpaired) electrons. The van der Waals surface area contributed by atoms with E-state index in [4.69, 9.17) is 11.6 Å². The van der Waals surface area contributed by atoms with Crippen LogP contribution >= 0.6 is 11.6 Å². The first-order chi connectivity index (χ1) is 15.8. The van der Waals surface area contributed by atoms with Crippen molar-refractivity contribution in [3.05, 3.63) is 88.2 Å². The second kappa shape index (κ2) is 8.32. The molecule has 1 aromatic heterocycles. The number of alkyl halides is 6. The summed E-state index contributed by atoms with van der Waals surface area (Å²) in [6.45, 7) is 0. The molecule has 0 N–H and O–H groups in total. The van der Waals surface area contributed by atoms with E-state index in [1.54, 1.807) is 0 Å². The number of carbonyl (C=O) groups is 2. The molecular weight excluding hydrogens is 490 g/mol. The minimum Gasteiger partial charge on any atom is -0.406 e. The number of rotatable bonds is 3. The Bertz CT molecular complexity index is 1260. The summed E-state index contributed by atoms with van der Waals surface area (Å²) >= 11 is 5.88. The van der Waals surface area contributed by atoms with Gasteiger partial charge < -0.3 is 4.74 Å². The van der Waals surface area contributed by atoms with Crippen molar-refractivity contribution in [2.45, 2.75) is 18.5 Å². The smallest absolute Gasteiger partial charge is 0.406 e. The maximum absolute atomic E-state index is 13.4. The Morgan fingerprint density at radius 1 is 0.912 bits per heavy atom. The van der Waals surface area contributed by atoms with Crippen molar-refractivity contribution < 1.29 is 40.7 Å². The van der Waals surface area contributed by atoms with Gasteiger partial charge in [-0.05, 0) is 48.0 Å². The van der Waals surface area contributed by atoms with Crippen molar-refractivity contribution in [2.75, 3.05) is 4.90 Å². The van der Waals surface area contributed by atoms with Gasteiger partial charge in [-0.1, -0.05) is 23.7 Å². The Hall–Kier alpha value is -3.60. The Kier molecular flexibility index (Phi) is 5.76. The van der Waals surface area contributed by atoms with E-state index in [9.17, 15) is 35.9 Å². The Morgan fingerprint density at radius 3 is 2.09 bits per heavy atom. The summed E-state index contributed by atoms with van der Waals surface area (Å²) in [5, 5.41) is 0.308. The molecule has 1 aliphatic rings. The molecule has 3 aromatic rings. The number of fused-ring (bicyclic) bond motifs is 1. The van der Waals surface area contributed by atoms with Crippen molar-refractivity contribution in [2.24, 2.45) is 0 Å². The number of ether oxygens (including phenoxy) is 1. The standard InChI is InChI=1S/C22H11ClF6N2O3/c23-13-3-1-11(2-4-13)17-16-9-12(21(24,25)26)10-30-18(16)20(33)31(19(17)32)14-5-7-15(8-6-14)34-22(27,28)29/h1-10,17H. The molecule has 0 saturated heterocycles. The fourth-order valence-electron chi connectivity index (χ4n) is 3.52. The highest BCUT2D eigenvalue weighted by Crippen LogP contribution is 2.40. The predicted molar refractivity (Wildman–Crippen MR) is 107 cm³/mol. The zero-order chi connectivity index (χ0) is 24.8. The minimum atomic E-state index is -4.95. The third-order valence-electron chi connectivity index (χ3n) is 4.96. The number of anilines is 1. The third kappa shape index (κ3) is 4.56. The van der Waals surface area contributed by atoms with Gasteiger partial charge in [-0.3, -0.25) is 14.6 Å². The topological polar surface area (TPSA) is 59.5 Å². The molecule has 0 saturated carbocycles. The number of aromatic nitrogens is 1. The molecule has 1 atom stereocenters. The van der Waals surface area contributed by atoms with Gasteiger partial charge in [-0.15, -0.1) is 13.2 Å². The average Bonchev–Trinajstić information content (AvgIpc) is 2.74. The van der Waals surface area contributed by atoms with E-state index >= 15 is 0 Å². The van der Waals surface area contributed by atoms with Gasteiger partial charge in [0.05, 0.1) is 17.2 Å². The number of imide groups is 1. The lowest BCUT2D eigenvalue weighted by Gasteiger charge is -2.32. The van der Waals surface area contributed by atoms with E-state index in [0.717, 1.165) is 24.3 Å². The molecule has 5 nitrogen and oxygen atoms in total. The molecule has 2 heterocycles. The molecule has 0 fully saturated rings. The van der Waals surface area contributed by atoms with Gasteiger partial charge in [0.15, 0.2) is 0 Å². The number of pyridine rings is 1. The van der Waals surface area contributed by atoms with Crippen LogP contribution in [0.5, 0.6) is 5.75 Å². The monoisotopic (exact) mass is 500 g/mol. The van der Waals surface area contributed by atoms with Crippen molar-refractivity contribution >= 4 is 29.1 Å². The van der Waals surface area contributed by atoms with Gasteiger partial charge in [0, 0.05) is 16.8 Å². The van der Waals surface area contributed by atoms with Crippen LogP contribution in [0.2, 0.25) is 5.02 Å². The third-order valence-corrected chi connectivity index (χ3v) is 5.21. The van der Waals surface area contributed by atoms with E-state index in [1.807, 2.05) is 0 Å². The Labute approximate surface area is 192 Å². The molecule has 2 aromatic carbocycles. The molecule has 34 heavy (non-hydrogen) atoms. The van der Waals surface area contributed by atoms with Crippen molar-refractivity contribution in [3.63, 3.8) is 0 Å². The number of nitrogens with zero attached hydrogens (tertiary/aromatic N) is 2. The minimum absolute atomic E-state index is 0.115. The van der Waals surface area contributed by atoms with E-state index in [0.29, 0.717) is 22.2 Å². The van der Waals surface area contributed by atoms with Crippen LogP contribution in [0.3, 0.4) is 0 Å². The van der Waals surface area contributed by atoms with Gasteiger partial charge in [-0.25, -0.2) is 4.90 Å². The molecule has 4 rings (SSSR count). The summed E-state index contributed by atoms with van der Waals surface area (Å²) in [7, 11) is 0. The summed E-state index contributed by atoms with van der Waals surface area (Å²) in [6, 6.07) is 10.3. The molecule has 12 heteroatoms. The second-order valence-electron chi connectivity index (χ2n) is 7.16. The molecule has 1 unspecified atom stereocenters. The van der Waals surface area contributed by atoms with Crippen LogP contribution < -0.4 is 9.64 Å². The maximum Gasteiger partial charge on any atom is 0.573 e. The van der Waals surface area contributed by atoms with Crippen LogP contribution in [-0.2, 0) is 11.0 Å². The molecule has 2 amide bonds. The predicted octanol–water partition coefficient (Wildman–Crippen LogP) is 5.97. The highest BCUT2D eigenvalue weighted by Gasteiger charge is 2.43. The lowest BCUT2D eigenvalue weighted by atomic mass is 9.84. The Morgan fingerprint density at radius 2 is 1.53 bits per heavy atom. The number of hydrogen-bond donors (Lipinski definition) is 0. The highest BCUT2D eigenvalue weighted by atomic mass is 35.5. The van der Waals surface area contributed by atoms with Crippen LogP contribution in [0.1, 0.15) is 33.1 Å². The van der Waals surface area contributed by atoms with E-state index < -0.39 is 47.3 Å². The fraction of sp³-hybridized carbons (Fsp3) is 0.136. The summed E-state index contributed by atoms with van der Waals surface area (Å²) < 4.78 is 81.0. The number of carbonyl (C=O) groups excluding carboxylic acids is 2.